The number of aromatic nitrogens is 2. The molecule has 0 spiro atoms. The Morgan fingerprint density at radius 2 is 1.77 bits per heavy atom. The molecule has 2 aromatic rings. The minimum Gasteiger partial charge on any atom is -0.493 e. The Labute approximate surface area is 181 Å². The summed E-state index contributed by atoms with van der Waals surface area (Å²) in [5.74, 6) is 1.58. The van der Waals surface area contributed by atoms with Gasteiger partial charge < -0.3 is 30.3 Å². The van der Waals surface area contributed by atoms with Crippen LogP contribution in [0.25, 0.3) is 10.9 Å². The highest BCUT2D eigenvalue weighted by Crippen LogP contribution is 2.34. The predicted molar refractivity (Wildman–Crippen MR) is 118 cm³/mol. The van der Waals surface area contributed by atoms with Crippen molar-refractivity contribution in [2.75, 3.05) is 57.6 Å². The molecule has 31 heavy (non-hydrogen) atoms. The van der Waals surface area contributed by atoms with Gasteiger partial charge in [0.2, 0.25) is 17.8 Å². The maximum Gasteiger partial charge on any atom is 0.232 e. The molecule has 0 atom stereocenters. The van der Waals surface area contributed by atoms with Gasteiger partial charge in [-0.15, -0.1) is 0 Å². The van der Waals surface area contributed by atoms with E-state index in [0.717, 1.165) is 12.8 Å². The number of nitrogen functional groups attached to an aromatic ring is 1. The molecule has 1 aromatic heterocycles. The highest BCUT2D eigenvalue weighted by Gasteiger charge is 2.25. The minimum atomic E-state index is -0.226. The van der Waals surface area contributed by atoms with Crippen molar-refractivity contribution < 1.29 is 19.1 Å². The number of nitrogens with zero attached hydrogens (tertiary/aromatic N) is 4. The topological polar surface area (TPSA) is 123 Å². The molecule has 10 nitrogen and oxygen atoms in total. The van der Waals surface area contributed by atoms with Gasteiger partial charge >= 0.3 is 0 Å². The summed E-state index contributed by atoms with van der Waals surface area (Å²) < 4.78 is 10.7. The minimum absolute atomic E-state index is 0.120. The molecule has 0 radical (unpaired) electrons. The predicted octanol–water partition coefficient (Wildman–Crippen LogP) is 1.18. The number of hydrogen-bond acceptors (Lipinski definition) is 8. The number of rotatable bonds is 8. The summed E-state index contributed by atoms with van der Waals surface area (Å²) in [6, 6.07) is 3.53. The molecular weight excluding hydrogens is 400 g/mol. The second-order valence-electron chi connectivity index (χ2n) is 7.38. The Hall–Kier alpha value is -3.30. The summed E-state index contributed by atoms with van der Waals surface area (Å²) in [5.41, 5.74) is 6.83. The quantitative estimate of drug-likeness (QED) is 0.473. The van der Waals surface area contributed by atoms with E-state index in [0.29, 0.717) is 66.9 Å². The van der Waals surface area contributed by atoms with E-state index >= 15 is 0 Å². The average Bonchev–Trinajstić information content (AvgIpc) is 2.78. The molecule has 1 aliphatic rings. The largest absolute Gasteiger partial charge is 0.493 e. The monoisotopic (exact) mass is 430 g/mol. The zero-order valence-corrected chi connectivity index (χ0v) is 18.3. The van der Waals surface area contributed by atoms with Crippen molar-refractivity contribution in [3.63, 3.8) is 0 Å². The first kappa shape index (κ1) is 22.4. The molecule has 1 aliphatic heterocycles. The third-order valence-electron chi connectivity index (χ3n) is 5.30. The second-order valence-corrected chi connectivity index (χ2v) is 7.38. The maximum atomic E-state index is 12.4. The molecule has 1 aromatic carbocycles. The van der Waals surface area contributed by atoms with E-state index in [1.165, 1.54) is 0 Å². The van der Waals surface area contributed by atoms with Crippen molar-refractivity contribution in [1.29, 1.82) is 0 Å². The first-order valence-electron chi connectivity index (χ1n) is 10.5. The smallest absolute Gasteiger partial charge is 0.232 e. The lowest BCUT2D eigenvalue weighted by Gasteiger charge is -2.34. The number of methoxy groups -OCH3 is 2. The number of anilines is 2. The fourth-order valence-corrected chi connectivity index (χ4v) is 3.48. The SMILES string of the molecule is CCCCNC(=O)CC(=O)N1CCN(c2nc(N)c3cc(OC)c(OC)cc3n2)CC1. The number of carbonyl (C=O) groups is 2. The number of nitrogens with one attached hydrogen (secondary N) is 1. The van der Waals surface area contributed by atoms with Crippen molar-refractivity contribution >= 4 is 34.5 Å². The average molecular weight is 431 g/mol. The molecule has 0 bridgehead atoms. The zero-order chi connectivity index (χ0) is 22.4. The molecule has 0 aliphatic carbocycles. The first-order chi connectivity index (χ1) is 15.0. The van der Waals surface area contributed by atoms with E-state index < -0.39 is 0 Å². The second kappa shape index (κ2) is 10.1. The van der Waals surface area contributed by atoms with Crippen LogP contribution in [0.4, 0.5) is 11.8 Å². The van der Waals surface area contributed by atoms with Gasteiger partial charge in [-0.2, -0.15) is 4.98 Å². The van der Waals surface area contributed by atoms with E-state index in [1.54, 1.807) is 31.3 Å². The number of amides is 2. The molecule has 10 heteroatoms. The lowest BCUT2D eigenvalue weighted by Crippen LogP contribution is -2.50. The summed E-state index contributed by atoms with van der Waals surface area (Å²) in [6.45, 7) is 4.76. The lowest BCUT2D eigenvalue weighted by molar-refractivity contribution is -0.136. The van der Waals surface area contributed by atoms with Gasteiger partial charge in [-0.1, -0.05) is 13.3 Å². The van der Waals surface area contributed by atoms with Crippen molar-refractivity contribution in [2.45, 2.75) is 26.2 Å². The summed E-state index contributed by atoms with van der Waals surface area (Å²) in [6.07, 6.45) is 1.79. The highest BCUT2D eigenvalue weighted by atomic mass is 16.5. The maximum absolute atomic E-state index is 12.4. The molecule has 2 heterocycles. The van der Waals surface area contributed by atoms with Crippen LogP contribution in [0.2, 0.25) is 0 Å². The molecule has 3 N–H and O–H groups in total. The summed E-state index contributed by atoms with van der Waals surface area (Å²) in [7, 11) is 3.13. The number of carbonyl (C=O) groups excluding carboxylic acids is 2. The van der Waals surface area contributed by atoms with Crippen LogP contribution in [-0.2, 0) is 9.59 Å². The van der Waals surface area contributed by atoms with E-state index in [-0.39, 0.29) is 18.2 Å². The van der Waals surface area contributed by atoms with Gasteiger partial charge in [0, 0.05) is 44.2 Å². The van der Waals surface area contributed by atoms with Crippen molar-refractivity contribution in [2.24, 2.45) is 0 Å². The molecule has 1 fully saturated rings. The van der Waals surface area contributed by atoms with E-state index in [4.69, 9.17) is 15.2 Å². The van der Waals surface area contributed by atoms with Crippen LogP contribution in [0.1, 0.15) is 26.2 Å². The molecule has 168 valence electrons. The molecule has 0 unspecified atom stereocenters. The third-order valence-corrected chi connectivity index (χ3v) is 5.30. The molecule has 0 saturated carbocycles. The van der Waals surface area contributed by atoms with Gasteiger partial charge in [0.15, 0.2) is 11.5 Å². The fourth-order valence-electron chi connectivity index (χ4n) is 3.48. The number of benzene rings is 1. The van der Waals surface area contributed by atoms with Crippen LogP contribution in [0, 0.1) is 0 Å². The number of nitrogens with two attached hydrogens (primary N) is 1. The number of ether oxygens (including phenoxy) is 2. The standard InChI is InChI=1S/C21H30N6O4/c1-4-5-6-23-18(28)13-19(29)26-7-9-27(10-8-26)21-24-15-12-17(31-3)16(30-2)11-14(15)20(22)25-21/h11-12H,4-10,13H2,1-3H3,(H,23,28)(H2,22,24,25). The Morgan fingerprint density at radius 3 is 2.42 bits per heavy atom. The van der Waals surface area contributed by atoms with E-state index in [9.17, 15) is 9.59 Å². The van der Waals surface area contributed by atoms with Crippen molar-refractivity contribution in [3.05, 3.63) is 12.1 Å². The van der Waals surface area contributed by atoms with Crippen LogP contribution in [-0.4, -0.2) is 73.6 Å². The van der Waals surface area contributed by atoms with Crippen LogP contribution in [0.15, 0.2) is 12.1 Å². The Kier molecular flexibility index (Phi) is 7.32. The number of unbranched alkanes of at least 4 members (excludes halogenated alkanes) is 1. The van der Waals surface area contributed by atoms with Gasteiger partial charge in [0.25, 0.3) is 0 Å². The Bertz CT molecular complexity index is 943. The van der Waals surface area contributed by atoms with E-state index in [1.807, 2.05) is 4.90 Å². The highest BCUT2D eigenvalue weighted by molar-refractivity contribution is 5.97. The number of hydrogen-bond donors (Lipinski definition) is 2. The van der Waals surface area contributed by atoms with Crippen LogP contribution in [0.3, 0.4) is 0 Å². The van der Waals surface area contributed by atoms with Crippen LogP contribution >= 0.6 is 0 Å². The van der Waals surface area contributed by atoms with E-state index in [2.05, 4.69) is 22.2 Å². The molecule has 2 amide bonds. The van der Waals surface area contributed by atoms with Gasteiger partial charge in [-0.05, 0) is 12.5 Å². The van der Waals surface area contributed by atoms with Crippen molar-refractivity contribution in [1.82, 2.24) is 20.2 Å². The van der Waals surface area contributed by atoms with Gasteiger partial charge in [-0.25, -0.2) is 4.98 Å². The first-order valence-corrected chi connectivity index (χ1v) is 10.5. The fraction of sp³-hybridized carbons (Fsp3) is 0.524. The van der Waals surface area contributed by atoms with Gasteiger partial charge in [-0.3, -0.25) is 9.59 Å². The third kappa shape index (κ3) is 5.25. The number of piperazine rings is 1. The summed E-state index contributed by atoms with van der Waals surface area (Å²) >= 11 is 0. The summed E-state index contributed by atoms with van der Waals surface area (Å²) in [5, 5.41) is 3.46. The Balaban J connectivity index is 1.65. The summed E-state index contributed by atoms with van der Waals surface area (Å²) in [4.78, 5) is 37.1. The van der Waals surface area contributed by atoms with Gasteiger partial charge in [0.05, 0.1) is 19.7 Å². The van der Waals surface area contributed by atoms with Crippen molar-refractivity contribution in [3.8, 4) is 11.5 Å². The van der Waals surface area contributed by atoms with Crippen LogP contribution < -0.4 is 25.4 Å². The lowest BCUT2D eigenvalue weighted by atomic mass is 10.2. The molecular formula is C21H30N6O4. The molecule has 3 rings (SSSR count). The Morgan fingerprint density at radius 1 is 1.10 bits per heavy atom. The van der Waals surface area contributed by atoms with Gasteiger partial charge in [0.1, 0.15) is 12.2 Å². The molecule has 1 saturated heterocycles. The zero-order valence-electron chi connectivity index (χ0n) is 18.3. The van der Waals surface area contributed by atoms with Crippen LogP contribution in [0.5, 0.6) is 11.5 Å². The normalized spacial score (nSPS) is 13.9. The number of fused-ring (bicyclic) bond motifs is 1.